The van der Waals surface area contributed by atoms with Crippen LogP contribution in [0.2, 0.25) is 0 Å². The zero-order chi connectivity index (χ0) is 19.9. The maximum atomic E-state index is 12.7. The highest BCUT2D eigenvalue weighted by Gasteiger charge is 2.29. The van der Waals surface area contributed by atoms with Crippen LogP contribution in [-0.4, -0.2) is 35.2 Å². The zero-order valence-corrected chi connectivity index (χ0v) is 15.7. The van der Waals surface area contributed by atoms with E-state index in [1.54, 1.807) is 23.0 Å². The maximum Gasteiger partial charge on any atom is 0.356 e. The summed E-state index contributed by atoms with van der Waals surface area (Å²) in [7, 11) is 1.31. The second-order valence-corrected chi connectivity index (χ2v) is 6.37. The summed E-state index contributed by atoms with van der Waals surface area (Å²) in [6.45, 7) is 1.86. The molecule has 7 nitrogen and oxygen atoms in total. The standard InChI is InChI=1S/C21H22N2O5/c1-15(16-6-4-3-5-7-16)23-14-22-12-19(23)21(25)28-13-18(20(24)26-2)17-8-10-27-11-9-17/h3-12,14-15,17-18H,13H2,1-2H3/t15-,18?/m1/s1. The maximum absolute atomic E-state index is 12.7. The quantitative estimate of drug-likeness (QED) is 0.685. The van der Waals surface area contributed by atoms with Crippen molar-refractivity contribution in [2.75, 3.05) is 13.7 Å². The topological polar surface area (TPSA) is 79.7 Å². The Morgan fingerprint density at radius 3 is 2.61 bits per heavy atom. The molecule has 146 valence electrons. The third-order valence-electron chi connectivity index (χ3n) is 4.70. The van der Waals surface area contributed by atoms with Gasteiger partial charge in [-0.1, -0.05) is 30.3 Å². The Kier molecular flexibility index (Phi) is 6.26. The molecule has 7 heteroatoms. The van der Waals surface area contributed by atoms with Crippen LogP contribution in [0.3, 0.4) is 0 Å². The van der Waals surface area contributed by atoms with Crippen molar-refractivity contribution in [3.05, 3.63) is 78.8 Å². The Labute approximate surface area is 163 Å². The first kappa shape index (κ1) is 19.4. The number of benzene rings is 1. The van der Waals surface area contributed by atoms with Crippen LogP contribution >= 0.6 is 0 Å². The van der Waals surface area contributed by atoms with Crippen LogP contribution in [0.15, 0.2) is 67.5 Å². The molecule has 2 aromatic rings. The van der Waals surface area contributed by atoms with Crippen molar-refractivity contribution in [1.82, 2.24) is 9.55 Å². The molecule has 0 aliphatic carbocycles. The van der Waals surface area contributed by atoms with Crippen LogP contribution in [0, 0.1) is 11.8 Å². The van der Waals surface area contributed by atoms with Crippen LogP contribution in [0.5, 0.6) is 0 Å². The summed E-state index contributed by atoms with van der Waals surface area (Å²) < 4.78 is 17.0. The van der Waals surface area contributed by atoms with Gasteiger partial charge in [0.25, 0.3) is 0 Å². The number of hydrogen-bond donors (Lipinski definition) is 0. The van der Waals surface area contributed by atoms with E-state index >= 15 is 0 Å². The molecule has 0 fully saturated rings. The first-order valence-electron chi connectivity index (χ1n) is 8.92. The Balaban J connectivity index is 1.72. The molecule has 1 aliphatic heterocycles. The summed E-state index contributed by atoms with van der Waals surface area (Å²) in [5, 5.41) is 0. The van der Waals surface area contributed by atoms with E-state index in [1.165, 1.54) is 25.8 Å². The van der Waals surface area contributed by atoms with E-state index in [1.807, 2.05) is 37.3 Å². The van der Waals surface area contributed by atoms with E-state index in [0.29, 0.717) is 5.69 Å². The molecule has 3 rings (SSSR count). The molecular weight excluding hydrogens is 360 g/mol. The fourth-order valence-corrected chi connectivity index (χ4v) is 3.04. The lowest BCUT2D eigenvalue weighted by Gasteiger charge is -2.21. The number of nitrogens with zero attached hydrogens (tertiary/aromatic N) is 2. The van der Waals surface area contributed by atoms with Crippen molar-refractivity contribution in [1.29, 1.82) is 0 Å². The number of methoxy groups -OCH3 is 1. The third-order valence-corrected chi connectivity index (χ3v) is 4.70. The molecular formula is C21H22N2O5. The highest BCUT2D eigenvalue weighted by molar-refractivity contribution is 5.87. The lowest BCUT2D eigenvalue weighted by molar-refractivity contribution is -0.147. The minimum atomic E-state index is -0.659. The number of hydrogen-bond acceptors (Lipinski definition) is 6. The molecule has 28 heavy (non-hydrogen) atoms. The van der Waals surface area contributed by atoms with E-state index in [2.05, 4.69) is 4.98 Å². The van der Waals surface area contributed by atoms with Gasteiger partial charge in [0.15, 0.2) is 0 Å². The Hall–Kier alpha value is -3.35. The van der Waals surface area contributed by atoms with Crippen molar-refractivity contribution in [3.63, 3.8) is 0 Å². The van der Waals surface area contributed by atoms with Crippen LogP contribution in [0.1, 0.15) is 29.0 Å². The van der Waals surface area contributed by atoms with Crippen LogP contribution < -0.4 is 0 Å². The van der Waals surface area contributed by atoms with Crippen molar-refractivity contribution >= 4 is 11.9 Å². The average Bonchev–Trinajstić information content (AvgIpc) is 3.24. The van der Waals surface area contributed by atoms with Gasteiger partial charge >= 0.3 is 11.9 Å². The van der Waals surface area contributed by atoms with Crippen molar-refractivity contribution < 1.29 is 23.8 Å². The van der Waals surface area contributed by atoms with Crippen molar-refractivity contribution in [3.8, 4) is 0 Å². The number of carbonyl (C=O) groups is 2. The molecule has 2 atom stereocenters. The Bertz CT molecular complexity index is 860. The molecule has 1 aromatic carbocycles. The van der Waals surface area contributed by atoms with E-state index in [9.17, 15) is 9.59 Å². The smallest absolute Gasteiger partial charge is 0.356 e. The summed E-state index contributed by atoms with van der Waals surface area (Å²) >= 11 is 0. The fourth-order valence-electron chi connectivity index (χ4n) is 3.04. The molecule has 2 heterocycles. The minimum absolute atomic E-state index is 0.0935. The SMILES string of the molecule is COC(=O)C(COC(=O)c1cncn1[C@H](C)c1ccccc1)C1C=COC=C1. The molecule has 0 amide bonds. The summed E-state index contributed by atoms with van der Waals surface area (Å²) in [5.74, 6) is -1.94. The van der Waals surface area contributed by atoms with Crippen LogP contribution in [0.4, 0.5) is 0 Å². The largest absolute Gasteiger partial charge is 0.473 e. The number of ether oxygens (including phenoxy) is 3. The molecule has 0 saturated heterocycles. The predicted octanol–water partition coefficient (Wildman–Crippen LogP) is 3.11. The lowest BCUT2D eigenvalue weighted by Crippen LogP contribution is -2.30. The number of allylic oxidation sites excluding steroid dienone is 2. The molecule has 0 N–H and O–H groups in total. The summed E-state index contributed by atoms with van der Waals surface area (Å²) in [5.41, 5.74) is 1.36. The molecule has 0 spiro atoms. The average molecular weight is 382 g/mol. The van der Waals surface area contributed by atoms with Gasteiger partial charge in [-0.2, -0.15) is 0 Å². The van der Waals surface area contributed by atoms with Gasteiger partial charge in [0.2, 0.25) is 0 Å². The molecule has 1 unspecified atom stereocenters. The zero-order valence-electron chi connectivity index (χ0n) is 15.7. The predicted molar refractivity (Wildman–Crippen MR) is 101 cm³/mol. The Morgan fingerprint density at radius 1 is 1.21 bits per heavy atom. The summed E-state index contributed by atoms with van der Waals surface area (Å²) in [6, 6.07) is 9.69. The molecule has 0 radical (unpaired) electrons. The van der Waals surface area contributed by atoms with Crippen LogP contribution in [-0.2, 0) is 19.0 Å². The van der Waals surface area contributed by atoms with Gasteiger partial charge in [-0.05, 0) is 24.6 Å². The summed E-state index contributed by atoms with van der Waals surface area (Å²) in [6.07, 6.45) is 9.46. The highest BCUT2D eigenvalue weighted by Crippen LogP contribution is 2.23. The van der Waals surface area contributed by atoms with Gasteiger partial charge in [0, 0.05) is 5.92 Å². The van der Waals surface area contributed by atoms with E-state index in [0.717, 1.165) is 5.56 Å². The Morgan fingerprint density at radius 2 is 1.93 bits per heavy atom. The molecule has 0 bridgehead atoms. The van der Waals surface area contributed by atoms with E-state index in [-0.39, 0.29) is 18.6 Å². The lowest BCUT2D eigenvalue weighted by atomic mass is 9.92. The first-order chi connectivity index (χ1) is 13.6. The van der Waals surface area contributed by atoms with Crippen molar-refractivity contribution in [2.45, 2.75) is 13.0 Å². The molecule has 1 aliphatic rings. The van der Waals surface area contributed by atoms with Crippen molar-refractivity contribution in [2.24, 2.45) is 11.8 Å². The number of carbonyl (C=O) groups excluding carboxylic acids is 2. The van der Waals surface area contributed by atoms with Gasteiger partial charge in [-0.3, -0.25) is 4.79 Å². The first-order valence-corrected chi connectivity index (χ1v) is 8.92. The molecule has 0 saturated carbocycles. The van der Waals surface area contributed by atoms with Crippen LogP contribution in [0.25, 0.3) is 0 Å². The fraction of sp³-hybridized carbons (Fsp3) is 0.286. The second kappa shape index (κ2) is 9.03. The molecule has 1 aromatic heterocycles. The summed E-state index contributed by atoms with van der Waals surface area (Å²) in [4.78, 5) is 28.9. The number of rotatable bonds is 7. The van der Waals surface area contributed by atoms with E-state index < -0.39 is 17.9 Å². The normalized spacial score (nSPS) is 15.5. The second-order valence-electron chi connectivity index (χ2n) is 6.37. The monoisotopic (exact) mass is 382 g/mol. The van der Waals surface area contributed by atoms with Gasteiger partial charge < -0.3 is 18.8 Å². The minimum Gasteiger partial charge on any atom is -0.473 e. The highest BCUT2D eigenvalue weighted by atomic mass is 16.5. The van der Waals surface area contributed by atoms with E-state index in [4.69, 9.17) is 14.2 Å². The van der Waals surface area contributed by atoms with Gasteiger partial charge in [-0.25, -0.2) is 9.78 Å². The number of imidazole rings is 1. The number of esters is 2. The number of aromatic nitrogens is 2. The van der Waals surface area contributed by atoms with Gasteiger partial charge in [-0.15, -0.1) is 0 Å². The van der Waals surface area contributed by atoms with Gasteiger partial charge in [0.05, 0.1) is 38.2 Å². The third kappa shape index (κ3) is 4.31. The van der Waals surface area contributed by atoms with Gasteiger partial charge in [0.1, 0.15) is 18.2 Å².